The predicted molar refractivity (Wildman–Crippen MR) is 81.3 cm³/mol. The van der Waals surface area contributed by atoms with Gasteiger partial charge < -0.3 is 15.2 Å². The molecule has 0 aliphatic rings. The number of rotatable bonds is 9. The Morgan fingerprint density at radius 2 is 2.10 bits per heavy atom. The van der Waals surface area contributed by atoms with Crippen molar-refractivity contribution >= 4 is 5.91 Å². The van der Waals surface area contributed by atoms with Crippen LogP contribution in [0.5, 0.6) is 0 Å². The summed E-state index contributed by atoms with van der Waals surface area (Å²) in [6.45, 7) is 6.96. The second kappa shape index (κ2) is 8.14. The minimum absolute atomic E-state index is 0.00813. The van der Waals surface area contributed by atoms with Crippen molar-refractivity contribution in [2.24, 2.45) is 0 Å². The zero-order valence-electron chi connectivity index (χ0n) is 13.5. The molecule has 0 saturated heterocycles. The van der Waals surface area contributed by atoms with Gasteiger partial charge >= 0.3 is 0 Å². The summed E-state index contributed by atoms with van der Waals surface area (Å²) < 4.78 is 7.22. The van der Waals surface area contributed by atoms with E-state index in [0.29, 0.717) is 18.8 Å². The summed E-state index contributed by atoms with van der Waals surface area (Å²) in [5.74, 6) is -0.204. The fourth-order valence-electron chi connectivity index (χ4n) is 2.33. The van der Waals surface area contributed by atoms with Crippen molar-refractivity contribution in [2.75, 3.05) is 20.3 Å². The van der Waals surface area contributed by atoms with E-state index in [0.717, 1.165) is 25.0 Å². The van der Waals surface area contributed by atoms with E-state index in [1.54, 1.807) is 17.9 Å². The Kier molecular flexibility index (Phi) is 6.84. The van der Waals surface area contributed by atoms with Gasteiger partial charge in [-0.05, 0) is 25.3 Å². The number of ether oxygens (including phenoxy) is 1. The number of methoxy groups -OCH3 is 1. The molecule has 0 saturated carbocycles. The number of aliphatic hydroxyl groups is 1. The van der Waals surface area contributed by atoms with Gasteiger partial charge in [-0.1, -0.05) is 20.8 Å². The van der Waals surface area contributed by atoms with Crippen LogP contribution in [-0.4, -0.2) is 46.7 Å². The molecule has 6 heteroatoms. The normalized spacial score (nSPS) is 11.7. The summed E-state index contributed by atoms with van der Waals surface area (Å²) in [5, 5.41) is 16.2. The van der Waals surface area contributed by atoms with E-state index in [9.17, 15) is 4.79 Å². The third-order valence-corrected chi connectivity index (χ3v) is 4.06. The summed E-state index contributed by atoms with van der Waals surface area (Å²) >= 11 is 0. The molecule has 1 rings (SSSR count). The maximum Gasteiger partial charge on any atom is 0.271 e. The van der Waals surface area contributed by atoms with Crippen molar-refractivity contribution in [2.45, 2.75) is 52.2 Å². The molecular formula is C15H27N3O3. The number of aryl methyl sites for hydroxylation is 1. The van der Waals surface area contributed by atoms with E-state index >= 15 is 0 Å². The molecule has 120 valence electrons. The summed E-state index contributed by atoms with van der Waals surface area (Å²) in [6.07, 6.45) is 2.44. The zero-order chi connectivity index (χ0) is 15.9. The first-order valence-corrected chi connectivity index (χ1v) is 7.56. The standard InChI is InChI=1S/C15H27N3O3/c1-5-12-10-13(17-18(12)8-9-19)14(20)16-11-15(6-2,7-3)21-4/h10,19H,5-9,11H2,1-4H3,(H,16,20). The van der Waals surface area contributed by atoms with Gasteiger partial charge in [0.05, 0.1) is 18.8 Å². The number of hydrogen-bond acceptors (Lipinski definition) is 4. The molecule has 6 nitrogen and oxygen atoms in total. The van der Waals surface area contributed by atoms with Crippen molar-refractivity contribution in [3.8, 4) is 0 Å². The number of carbonyl (C=O) groups is 1. The molecule has 0 aromatic carbocycles. The van der Waals surface area contributed by atoms with Crippen LogP contribution in [0.15, 0.2) is 6.07 Å². The van der Waals surface area contributed by atoms with Gasteiger partial charge in [0.2, 0.25) is 0 Å². The second-order valence-corrected chi connectivity index (χ2v) is 5.10. The Morgan fingerprint density at radius 3 is 2.57 bits per heavy atom. The minimum atomic E-state index is -0.323. The Morgan fingerprint density at radius 1 is 1.43 bits per heavy atom. The lowest BCUT2D eigenvalue weighted by Gasteiger charge is -2.30. The van der Waals surface area contributed by atoms with Crippen LogP contribution < -0.4 is 5.32 Å². The maximum absolute atomic E-state index is 12.2. The lowest BCUT2D eigenvalue weighted by molar-refractivity contribution is -0.0147. The highest BCUT2D eigenvalue weighted by Gasteiger charge is 2.26. The van der Waals surface area contributed by atoms with Gasteiger partial charge in [-0.25, -0.2) is 0 Å². The van der Waals surface area contributed by atoms with Crippen LogP contribution in [0.1, 0.15) is 49.8 Å². The number of aromatic nitrogens is 2. The smallest absolute Gasteiger partial charge is 0.271 e. The largest absolute Gasteiger partial charge is 0.394 e. The average Bonchev–Trinajstić information content (AvgIpc) is 2.92. The van der Waals surface area contributed by atoms with Crippen LogP contribution in [0, 0.1) is 0 Å². The molecule has 2 N–H and O–H groups in total. The van der Waals surface area contributed by atoms with Crippen LogP contribution in [-0.2, 0) is 17.7 Å². The monoisotopic (exact) mass is 297 g/mol. The second-order valence-electron chi connectivity index (χ2n) is 5.10. The third-order valence-electron chi connectivity index (χ3n) is 4.06. The Balaban J connectivity index is 2.75. The first-order chi connectivity index (χ1) is 10.1. The topological polar surface area (TPSA) is 76.4 Å². The molecule has 0 aliphatic carbocycles. The van der Waals surface area contributed by atoms with Crippen molar-refractivity contribution in [1.29, 1.82) is 0 Å². The molecule has 0 aliphatic heterocycles. The van der Waals surface area contributed by atoms with Gasteiger partial charge in [-0.3, -0.25) is 9.48 Å². The molecule has 0 spiro atoms. The van der Waals surface area contributed by atoms with Crippen molar-refractivity contribution in [3.63, 3.8) is 0 Å². The maximum atomic E-state index is 12.2. The number of amides is 1. The summed E-state index contributed by atoms with van der Waals surface area (Å²) in [6, 6.07) is 1.78. The van der Waals surface area contributed by atoms with Crippen LogP contribution in [0.25, 0.3) is 0 Å². The summed E-state index contributed by atoms with van der Waals surface area (Å²) in [7, 11) is 1.67. The first-order valence-electron chi connectivity index (χ1n) is 7.56. The molecule has 0 atom stereocenters. The Hall–Kier alpha value is -1.40. The predicted octanol–water partition coefficient (Wildman–Crippen LogP) is 1.37. The highest BCUT2D eigenvalue weighted by Crippen LogP contribution is 2.18. The van der Waals surface area contributed by atoms with Gasteiger partial charge in [-0.15, -0.1) is 0 Å². The lowest BCUT2D eigenvalue weighted by atomic mass is 9.97. The Labute approximate surface area is 126 Å². The van der Waals surface area contributed by atoms with Gasteiger partial charge in [0.1, 0.15) is 5.69 Å². The molecule has 1 aromatic rings. The molecule has 0 radical (unpaired) electrons. The summed E-state index contributed by atoms with van der Waals surface area (Å²) in [5.41, 5.74) is 1.01. The quantitative estimate of drug-likeness (QED) is 0.722. The molecule has 1 amide bonds. The number of aliphatic hydroxyl groups excluding tert-OH is 1. The first kappa shape index (κ1) is 17.7. The van der Waals surface area contributed by atoms with Gasteiger partial charge in [0, 0.05) is 19.3 Å². The molecular weight excluding hydrogens is 270 g/mol. The fraction of sp³-hybridized carbons (Fsp3) is 0.733. The van der Waals surface area contributed by atoms with Crippen LogP contribution in [0.2, 0.25) is 0 Å². The van der Waals surface area contributed by atoms with E-state index in [2.05, 4.69) is 10.4 Å². The third kappa shape index (κ3) is 4.28. The fourth-order valence-corrected chi connectivity index (χ4v) is 2.33. The molecule has 0 bridgehead atoms. The number of carbonyl (C=O) groups excluding carboxylic acids is 1. The number of nitrogens with zero attached hydrogens (tertiary/aromatic N) is 2. The highest BCUT2D eigenvalue weighted by atomic mass is 16.5. The van der Waals surface area contributed by atoms with Crippen molar-refractivity contribution in [1.82, 2.24) is 15.1 Å². The van der Waals surface area contributed by atoms with E-state index in [4.69, 9.17) is 9.84 Å². The van der Waals surface area contributed by atoms with Gasteiger partial charge in [-0.2, -0.15) is 5.10 Å². The molecule has 1 aromatic heterocycles. The van der Waals surface area contributed by atoms with Crippen LogP contribution >= 0.6 is 0 Å². The van der Waals surface area contributed by atoms with E-state index < -0.39 is 0 Å². The average molecular weight is 297 g/mol. The molecule has 21 heavy (non-hydrogen) atoms. The number of nitrogens with one attached hydrogen (secondary N) is 1. The van der Waals surface area contributed by atoms with E-state index in [1.807, 2.05) is 20.8 Å². The van der Waals surface area contributed by atoms with Crippen molar-refractivity contribution < 1.29 is 14.6 Å². The zero-order valence-corrected chi connectivity index (χ0v) is 13.5. The van der Waals surface area contributed by atoms with Gasteiger partial charge in [0.15, 0.2) is 0 Å². The minimum Gasteiger partial charge on any atom is -0.394 e. The molecule has 0 fully saturated rings. The molecule has 1 heterocycles. The van der Waals surface area contributed by atoms with E-state index in [-0.39, 0.29) is 18.1 Å². The van der Waals surface area contributed by atoms with Crippen LogP contribution in [0.4, 0.5) is 0 Å². The van der Waals surface area contributed by atoms with Crippen LogP contribution in [0.3, 0.4) is 0 Å². The van der Waals surface area contributed by atoms with Gasteiger partial charge in [0.25, 0.3) is 5.91 Å². The lowest BCUT2D eigenvalue weighted by Crippen LogP contribution is -2.43. The molecule has 0 unspecified atom stereocenters. The SMILES string of the molecule is CCc1cc(C(=O)NCC(CC)(CC)OC)nn1CCO. The number of hydrogen-bond donors (Lipinski definition) is 2. The van der Waals surface area contributed by atoms with Crippen molar-refractivity contribution in [3.05, 3.63) is 17.5 Å². The van der Waals surface area contributed by atoms with E-state index in [1.165, 1.54) is 0 Å². The highest BCUT2D eigenvalue weighted by molar-refractivity contribution is 5.92. The Bertz CT molecular complexity index is 445. The summed E-state index contributed by atoms with van der Waals surface area (Å²) in [4.78, 5) is 12.2.